The van der Waals surface area contributed by atoms with Crippen LogP contribution in [0.5, 0.6) is 5.88 Å². The fourth-order valence-corrected chi connectivity index (χ4v) is 4.75. The van der Waals surface area contributed by atoms with Gasteiger partial charge in [-0.3, -0.25) is 0 Å². The van der Waals surface area contributed by atoms with Crippen molar-refractivity contribution in [3.8, 4) is 17.1 Å². The Hall–Kier alpha value is -4.39. The van der Waals surface area contributed by atoms with Crippen molar-refractivity contribution in [2.75, 3.05) is 13.7 Å². The Morgan fingerprint density at radius 1 is 0.886 bits per heavy atom. The molecule has 0 unspecified atom stereocenters. The molecule has 230 valence electrons. The van der Waals surface area contributed by atoms with Gasteiger partial charge in [0.1, 0.15) is 24.1 Å². The van der Waals surface area contributed by atoms with E-state index in [1.807, 2.05) is 0 Å². The number of nitrogens with zero attached hydrogens (tertiary/aromatic N) is 3. The number of aliphatic hydroxyl groups excluding tert-OH is 1. The molecule has 0 atom stereocenters. The summed E-state index contributed by atoms with van der Waals surface area (Å²) in [6, 6.07) is 14.6. The zero-order valence-electron chi connectivity index (χ0n) is 23.7. The molecule has 0 amide bonds. The monoisotopic (exact) mass is 613 g/mol. The Morgan fingerprint density at radius 2 is 1.64 bits per heavy atom. The van der Waals surface area contributed by atoms with Crippen LogP contribution in [-0.2, 0) is 30.5 Å². The normalized spacial score (nSPS) is 12.0. The van der Waals surface area contributed by atoms with Gasteiger partial charge < -0.3 is 24.3 Å². The number of imidazole rings is 1. The van der Waals surface area contributed by atoms with Crippen LogP contribution in [0.4, 0.5) is 22.0 Å². The third-order valence-electron chi connectivity index (χ3n) is 7.08. The first-order valence-electron chi connectivity index (χ1n) is 13.5. The largest absolute Gasteiger partial charge is 0.473 e. The van der Waals surface area contributed by atoms with E-state index in [0.717, 1.165) is 12.1 Å². The van der Waals surface area contributed by atoms with Crippen molar-refractivity contribution < 1.29 is 41.6 Å². The lowest BCUT2D eigenvalue weighted by Gasteiger charge is -2.14. The maximum absolute atomic E-state index is 15.5. The van der Waals surface area contributed by atoms with E-state index >= 15 is 4.39 Å². The van der Waals surface area contributed by atoms with Crippen LogP contribution in [0, 0.1) is 18.6 Å². The standard InChI is InChI=1S/C32H28F5N3O4/c1-18-3-4-22(24(33)11-18)17-44-30-16-23(32(35,36)37)15-27(39-30)20-6-5-19(25(34)12-20)14-29-38-26-8-7-21(31(41)42)13-28(26)40(29)9-10-43-2/h3-8,11-13,15-16,31,41-42H,9-10,14,17H2,1-2H3. The molecule has 12 heteroatoms. The summed E-state index contributed by atoms with van der Waals surface area (Å²) < 4.78 is 83.4. The molecule has 0 saturated heterocycles. The van der Waals surface area contributed by atoms with Crippen molar-refractivity contribution in [1.29, 1.82) is 0 Å². The quantitative estimate of drug-likeness (QED) is 0.138. The molecule has 3 aromatic carbocycles. The van der Waals surface area contributed by atoms with E-state index in [1.54, 1.807) is 29.7 Å². The average Bonchev–Trinajstić information content (AvgIpc) is 3.32. The highest BCUT2D eigenvalue weighted by Crippen LogP contribution is 2.35. The molecule has 2 heterocycles. The number of ether oxygens (including phenoxy) is 2. The Balaban J connectivity index is 1.45. The van der Waals surface area contributed by atoms with Crippen molar-refractivity contribution in [2.24, 2.45) is 0 Å². The Kier molecular flexibility index (Phi) is 8.95. The van der Waals surface area contributed by atoms with E-state index in [-0.39, 0.29) is 41.0 Å². The molecule has 5 rings (SSSR count). The minimum absolute atomic E-state index is 0.0357. The number of alkyl halides is 3. The van der Waals surface area contributed by atoms with Gasteiger partial charge in [-0.05, 0) is 48.4 Å². The number of halogens is 5. The van der Waals surface area contributed by atoms with E-state index in [2.05, 4.69) is 9.97 Å². The first-order chi connectivity index (χ1) is 20.9. The molecular formula is C32H28F5N3O4. The van der Waals surface area contributed by atoms with Crippen molar-refractivity contribution >= 4 is 11.0 Å². The molecule has 2 aromatic heterocycles. The number of aryl methyl sites for hydroxylation is 1. The van der Waals surface area contributed by atoms with Gasteiger partial charge in [-0.1, -0.05) is 30.3 Å². The van der Waals surface area contributed by atoms with Gasteiger partial charge in [0.05, 0.1) is 28.9 Å². The van der Waals surface area contributed by atoms with Gasteiger partial charge in [0.15, 0.2) is 6.29 Å². The smallest absolute Gasteiger partial charge is 0.416 e. The van der Waals surface area contributed by atoms with Gasteiger partial charge in [0, 0.05) is 42.8 Å². The number of methoxy groups -OCH3 is 1. The van der Waals surface area contributed by atoms with Crippen LogP contribution in [-0.4, -0.2) is 38.5 Å². The van der Waals surface area contributed by atoms with Crippen LogP contribution in [0.25, 0.3) is 22.3 Å². The fraction of sp³-hybridized carbons (Fsp3) is 0.250. The van der Waals surface area contributed by atoms with Gasteiger partial charge in [-0.2, -0.15) is 13.2 Å². The first kappa shape index (κ1) is 31.0. The van der Waals surface area contributed by atoms with E-state index in [4.69, 9.17) is 9.47 Å². The van der Waals surface area contributed by atoms with Crippen LogP contribution >= 0.6 is 0 Å². The summed E-state index contributed by atoms with van der Waals surface area (Å²) in [5, 5.41) is 19.2. The van der Waals surface area contributed by atoms with Gasteiger partial charge in [0.2, 0.25) is 5.88 Å². The summed E-state index contributed by atoms with van der Waals surface area (Å²) in [4.78, 5) is 8.74. The maximum Gasteiger partial charge on any atom is 0.416 e. The summed E-state index contributed by atoms with van der Waals surface area (Å²) >= 11 is 0. The third kappa shape index (κ3) is 6.88. The molecular weight excluding hydrogens is 585 g/mol. The molecule has 0 aliphatic rings. The maximum atomic E-state index is 15.5. The van der Waals surface area contributed by atoms with E-state index in [0.29, 0.717) is 41.6 Å². The fourth-order valence-electron chi connectivity index (χ4n) is 4.75. The predicted molar refractivity (Wildman–Crippen MR) is 152 cm³/mol. The number of fused-ring (bicyclic) bond motifs is 1. The van der Waals surface area contributed by atoms with Gasteiger partial charge in [0.25, 0.3) is 0 Å². The highest BCUT2D eigenvalue weighted by Gasteiger charge is 2.32. The second kappa shape index (κ2) is 12.7. The van der Waals surface area contributed by atoms with E-state index in [9.17, 15) is 27.8 Å². The van der Waals surface area contributed by atoms with Crippen LogP contribution in [0.3, 0.4) is 0 Å². The zero-order chi connectivity index (χ0) is 31.6. The SMILES string of the molecule is COCCn1c(Cc2ccc(-c3cc(C(F)(F)F)cc(OCc4ccc(C)cc4F)n3)cc2F)nc2ccc(C(O)O)cc21. The molecule has 5 aromatic rings. The number of rotatable bonds is 10. The van der Waals surface area contributed by atoms with Crippen LogP contribution in [0.1, 0.15) is 39.9 Å². The highest BCUT2D eigenvalue weighted by molar-refractivity contribution is 5.77. The molecule has 0 spiro atoms. The molecule has 0 bridgehead atoms. The van der Waals surface area contributed by atoms with Gasteiger partial charge in [-0.15, -0.1) is 0 Å². The average molecular weight is 614 g/mol. The van der Waals surface area contributed by atoms with Crippen molar-refractivity contribution in [3.05, 3.63) is 112 Å². The lowest BCUT2D eigenvalue weighted by molar-refractivity contribution is -0.137. The lowest BCUT2D eigenvalue weighted by Crippen LogP contribution is -2.10. The van der Waals surface area contributed by atoms with E-state index < -0.39 is 35.5 Å². The Morgan fingerprint density at radius 3 is 2.32 bits per heavy atom. The topological polar surface area (TPSA) is 89.6 Å². The van der Waals surface area contributed by atoms with Gasteiger partial charge in [-0.25, -0.2) is 18.7 Å². The number of aliphatic hydroxyl groups is 2. The minimum atomic E-state index is -4.74. The Labute approximate surface area is 249 Å². The molecule has 0 fully saturated rings. The molecule has 44 heavy (non-hydrogen) atoms. The van der Waals surface area contributed by atoms with E-state index in [1.165, 1.54) is 37.4 Å². The van der Waals surface area contributed by atoms with Crippen molar-refractivity contribution in [3.63, 3.8) is 0 Å². The van der Waals surface area contributed by atoms with Crippen molar-refractivity contribution in [1.82, 2.24) is 14.5 Å². The molecule has 0 saturated carbocycles. The number of pyridine rings is 1. The van der Waals surface area contributed by atoms with Crippen molar-refractivity contribution in [2.45, 2.75) is 39.0 Å². The summed E-state index contributed by atoms with van der Waals surface area (Å²) in [5.41, 5.74) is 1.33. The Bertz CT molecular complexity index is 1800. The van der Waals surface area contributed by atoms with Gasteiger partial charge >= 0.3 is 6.18 Å². The zero-order valence-corrected chi connectivity index (χ0v) is 23.7. The third-order valence-corrected chi connectivity index (χ3v) is 7.08. The summed E-state index contributed by atoms with van der Waals surface area (Å²) in [6.45, 7) is 2.02. The first-order valence-corrected chi connectivity index (χ1v) is 13.5. The van der Waals surface area contributed by atoms with Crippen LogP contribution in [0.2, 0.25) is 0 Å². The van der Waals surface area contributed by atoms with Crippen LogP contribution < -0.4 is 4.74 Å². The molecule has 2 N–H and O–H groups in total. The molecule has 0 aliphatic heterocycles. The second-order valence-corrected chi connectivity index (χ2v) is 10.2. The molecule has 0 radical (unpaired) electrons. The summed E-state index contributed by atoms with van der Waals surface area (Å²) in [6.07, 6.45) is -6.39. The highest BCUT2D eigenvalue weighted by atomic mass is 19.4. The number of hydrogen-bond acceptors (Lipinski definition) is 6. The molecule has 7 nitrogen and oxygen atoms in total. The van der Waals surface area contributed by atoms with Crippen LogP contribution in [0.15, 0.2) is 66.7 Å². The lowest BCUT2D eigenvalue weighted by atomic mass is 10.0. The predicted octanol–water partition coefficient (Wildman–Crippen LogP) is 6.50. The number of benzene rings is 3. The number of aromatic nitrogens is 3. The minimum Gasteiger partial charge on any atom is -0.473 e. The summed E-state index contributed by atoms with van der Waals surface area (Å²) in [7, 11) is 1.53. The second-order valence-electron chi connectivity index (χ2n) is 10.2. The number of hydrogen-bond donors (Lipinski definition) is 2. The molecule has 0 aliphatic carbocycles. The summed E-state index contributed by atoms with van der Waals surface area (Å²) in [5.74, 6) is -1.16.